The Labute approximate surface area is 141 Å². The van der Waals surface area contributed by atoms with Crippen LogP contribution in [0.3, 0.4) is 0 Å². The van der Waals surface area contributed by atoms with Crippen molar-refractivity contribution in [2.45, 2.75) is 75.0 Å². The minimum absolute atomic E-state index is 0.0327. The first kappa shape index (κ1) is 15.6. The molecule has 0 spiro atoms. The summed E-state index contributed by atoms with van der Waals surface area (Å²) in [7, 11) is 0. The van der Waals surface area contributed by atoms with Gasteiger partial charge < -0.3 is 21.5 Å². The Hall–Kier alpha value is -1.89. The molecule has 4 rings (SSSR count). The van der Waals surface area contributed by atoms with Crippen LogP contribution in [0.4, 0.5) is 11.8 Å². The number of primary amides is 1. The van der Waals surface area contributed by atoms with E-state index >= 15 is 0 Å². The van der Waals surface area contributed by atoms with Crippen LogP contribution in [0.25, 0.3) is 0 Å². The molecule has 130 valence electrons. The van der Waals surface area contributed by atoms with Gasteiger partial charge in [-0.25, -0.2) is 4.98 Å². The maximum atomic E-state index is 11.7. The molecule has 3 aliphatic rings. The summed E-state index contributed by atoms with van der Waals surface area (Å²) in [6.07, 6.45) is 8.99. The first-order valence-electron chi connectivity index (χ1n) is 8.76. The molecule has 3 fully saturated rings. The number of nitrogens with zero attached hydrogens (tertiary/aromatic N) is 2. The van der Waals surface area contributed by atoms with Crippen LogP contribution in [0, 0.1) is 0 Å². The van der Waals surface area contributed by atoms with E-state index in [1.807, 2.05) is 0 Å². The van der Waals surface area contributed by atoms with Crippen molar-refractivity contribution in [3.8, 4) is 0 Å². The van der Waals surface area contributed by atoms with Crippen molar-refractivity contribution in [1.82, 2.24) is 9.97 Å². The van der Waals surface area contributed by atoms with Crippen molar-refractivity contribution in [1.29, 1.82) is 0 Å². The Morgan fingerprint density at radius 3 is 2.42 bits per heavy atom. The second kappa shape index (κ2) is 5.05. The fourth-order valence-electron chi connectivity index (χ4n) is 4.42. The van der Waals surface area contributed by atoms with Crippen LogP contribution < -0.4 is 16.4 Å². The smallest absolute Gasteiger partial charge is 0.254 e. The van der Waals surface area contributed by atoms with Crippen molar-refractivity contribution in [3.63, 3.8) is 0 Å². The fraction of sp³-hybridized carbons (Fsp3) is 0.706. The average molecular weight is 331 g/mol. The van der Waals surface area contributed by atoms with Crippen molar-refractivity contribution in [3.05, 3.63) is 11.8 Å². The Morgan fingerprint density at radius 1 is 1.21 bits per heavy atom. The molecular formula is C17H25N5O2. The lowest BCUT2D eigenvalue weighted by Crippen LogP contribution is -2.42. The summed E-state index contributed by atoms with van der Waals surface area (Å²) in [5.41, 5.74) is 5.11. The number of amides is 1. The van der Waals surface area contributed by atoms with Crippen LogP contribution in [0.5, 0.6) is 0 Å². The van der Waals surface area contributed by atoms with Crippen molar-refractivity contribution < 1.29 is 9.90 Å². The number of aliphatic hydroxyl groups is 1. The van der Waals surface area contributed by atoms with Gasteiger partial charge in [-0.3, -0.25) is 4.79 Å². The predicted octanol–water partition coefficient (Wildman–Crippen LogP) is 1.79. The van der Waals surface area contributed by atoms with Crippen LogP contribution in [-0.2, 0) is 0 Å². The molecule has 1 aromatic rings. The largest absolute Gasteiger partial charge is 0.390 e. The Morgan fingerprint density at radius 2 is 1.92 bits per heavy atom. The number of hydrogen-bond donors (Lipinski definition) is 4. The highest BCUT2D eigenvalue weighted by Crippen LogP contribution is 2.51. The molecule has 3 aliphatic carbocycles. The van der Waals surface area contributed by atoms with Gasteiger partial charge in [-0.15, -0.1) is 0 Å². The third-order valence-electron chi connectivity index (χ3n) is 6.11. The molecule has 24 heavy (non-hydrogen) atoms. The Balaban J connectivity index is 1.59. The highest BCUT2D eigenvalue weighted by Gasteiger charge is 2.53. The summed E-state index contributed by atoms with van der Waals surface area (Å²) in [5.74, 6) is 0.475. The zero-order valence-electron chi connectivity index (χ0n) is 14.1. The van der Waals surface area contributed by atoms with Gasteiger partial charge in [-0.1, -0.05) is 0 Å². The van der Waals surface area contributed by atoms with Crippen molar-refractivity contribution in [2.75, 3.05) is 10.6 Å². The van der Waals surface area contributed by atoms with Gasteiger partial charge in [0.15, 0.2) is 0 Å². The quantitative estimate of drug-likeness (QED) is 0.654. The normalized spacial score (nSPS) is 33.1. The van der Waals surface area contributed by atoms with Crippen LogP contribution in [0.2, 0.25) is 0 Å². The number of carbonyl (C=O) groups excluding carboxylic acids is 1. The number of anilines is 2. The number of nitrogens with two attached hydrogens (primary N) is 1. The molecule has 2 bridgehead atoms. The molecule has 7 heteroatoms. The van der Waals surface area contributed by atoms with Gasteiger partial charge in [0.1, 0.15) is 5.82 Å². The summed E-state index contributed by atoms with van der Waals surface area (Å²) >= 11 is 0. The van der Waals surface area contributed by atoms with Gasteiger partial charge in [0.05, 0.1) is 11.2 Å². The van der Waals surface area contributed by atoms with Gasteiger partial charge >= 0.3 is 0 Å². The van der Waals surface area contributed by atoms with Crippen LogP contribution in [0.15, 0.2) is 6.20 Å². The van der Waals surface area contributed by atoms with E-state index in [-0.39, 0.29) is 11.1 Å². The molecule has 7 nitrogen and oxygen atoms in total. The second-order valence-electron chi connectivity index (χ2n) is 8.17. The lowest BCUT2D eigenvalue weighted by Gasteiger charge is -2.40. The summed E-state index contributed by atoms with van der Waals surface area (Å²) in [6.45, 7) is 2.13. The molecule has 1 amide bonds. The van der Waals surface area contributed by atoms with E-state index in [1.165, 1.54) is 12.6 Å². The van der Waals surface area contributed by atoms with E-state index in [1.54, 1.807) is 0 Å². The van der Waals surface area contributed by atoms with Crippen LogP contribution >= 0.6 is 0 Å². The molecule has 0 aromatic carbocycles. The standard InChI is InChI=1S/C17H25N5O2/c1-15(3-2-4-15)21-13-11(12(18)23)9-19-14(20-13)22-16-5-7-17(24,10-16)8-6-16/h9,24H,2-8,10H2,1H3,(H2,18,23)(H2,19,20,21,22). The van der Waals surface area contributed by atoms with Gasteiger partial charge in [0, 0.05) is 17.3 Å². The number of rotatable bonds is 5. The number of carbonyl (C=O) groups is 1. The first-order chi connectivity index (χ1) is 11.3. The third kappa shape index (κ3) is 2.60. The molecule has 0 atom stereocenters. The molecule has 1 heterocycles. The molecule has 5 N–H and O–H groups in total. The number of nitrogens with one attached hydrogen (secondary N) is 2. The van der Waals surface area contributed by atoms with E-state index in [0.717, 1.165) is 44.9 Å². The Bertz CT molecular complexity index is 678. The number of hydrogen-bond acceptors (Lipinski definition) is 6. The lowest BCUT2D eigenvalue weighted by molar-refractivity contribution is 0.0521. The summed E-state index contributed by atoms with van der Waals surface area (Å²) < 4.78 is 0. The molecule has 3 saturated carbocycles. The van der Waals surface area contributed by atoms with E-state index < -0.39 is 11.5 Å². The van der Waals surface area contributed by atoms with Crippen molar-refractivity contribution in [2.24, 2.45) is 5.73 Å². The SMILES string of the molecule is CC1(Nc2nc(NC34CCC(O)(CC3)C4)ncc2C(N)=O)CCC1. The minimum atomic E-state index is -0.527. The fourth-order valence-corrected chi connectivity index (χ4v) is 4.42. The molecule has 0 unspecified atom stereocenters. The van der Waals surface area contributed by atoms with Gasteiger partial charge in [-0.2, -0.15) is 4.98 Å². The summed E-state index contributed by atoms with van der Waals surface area (Å²) in [5, 5.41) is 17.2. The zero-order chi connectivity index (χ0) is 17.0. The van der Waals surface area contributed by atoms with E-state index in [0.29, 0.717) is 17.3 Å². The zero-order valence-corrected chi connectivity index (χ0v) is 14.1. The molecular weight excluding hydrogens is 306 g/mol. The third-order valence-corrected chi connectivity index (χ3v) is 6.11. The maximum Gasteiger partial charge on any atom is 0.254 e. The lowest BCUT2D eigenvalue weighted by atomic mass is 9.78. The Kier molecular flexibility index (Phi) is 3.29. The monoisotopic (exact) mass is 331 g/mol. The molecule has 0 aliphatic heterocycles. The first-order valence-corrected chi connectivity index (χ1v) is 8.76. The highest BCUT2D eigenvalue weighted by atomic mass is 16.3. The maximum absolute atomic E-state index is 11.7. The second-order valence-corrected chi connectivity index (χ2v) is 8.17. The van der Waals surface area contributed by atoms with Gasteiger partial charge in [0.25, 0.3) is 5.91 Å². The topological polar surface area (TPSA) is 113 Å². The minimum Gasteiger partial charge on any atom is -0.390 e. The molecule has 1 aromatic heterocycles. The van der Waals surface area contributed by atoms with E-state index in [4.69, 9.17) is 5.73 Å². The van der Waals surface area contributed by atoms with E-state index in [9.17, 15) is 9.90 Å². The highest BCUT2D eigenvalue weighted by molar-refractivity contribution is 5.97. The van der Waals surface area contributed by atoms with Gasteiger partial charge in [-0.05, 0) is 58.3 Å². The molecule has 0 radical (unpaired) electrons. The van der Waals surface area contributed by atoms with Crippen LogP contribution in [-0.4, -0.2) is 37.7 Å². The summed E-state index contributed by atoms with van der Waals surface area (Å²) in [6, 6.07) is 0. The number of aromatic nitrogens is 2. The van der Waals surface area contributed by atoms with E-state index in [2.05, 4.69) is 27.5 Å². The predicted molar refractivity (Wildman–Crippen MR) is 90.8 cm³/mol. The van der Waals surface area contributed by atoms with Gasteiger partial charge in [0.2, 0.25) is 5.95 Å². The number of fused-ring (bicyclic) bond motifs is 2. The molecule has 0 saturated heterocycles. The summed E-state index contributed by atoms with van der Waals surface area (Å²) in [4.78, 5) is 20.5. The van der Waals surface area contributed by atoms with Crippen LogP contribution in [0.1, 0.15) is 68.6 Å². The average Bonchev–Trinajstić information content (AvgIpc) is 2.98. The van der Waals surface area contributed by atoms with Crippen molar-refractivity contribution >= 4 is 17.7 Å².